The first-order valence-corrected chi connectivity index (χ1v) is 7.93. The van der Waals surface area contributed by atoms with Gasteiger partial charge in [0.15, 0.2) is 11.6 Å². The van der Waals surface area contributed by atoms with Gasteiger partial charge in [-0.2, -0.15) is 0 Å². The van der Waals surface area contributed by atoms with Crippen molar-refractivity contribution in [1.29, 1.82) is 0 Å². The zero-order valence-electron chi connectivity index (χ0n) is 11.4. The molecular formula is C14H11F2N2O3S-. The fourth-order valence-electron chi connectivity index (χ4n) is 1.69. The van der Waals surface area contributed by atoms with Crippen molar-refractivity contribution in [2.24, 2.45) is 4.99 Å². The van der Waals surface area contributed by atoms with Crippen molar-refractivity contribution in [2.75, 3.05) is 11.0 Å². The number of nitrogens with one attached hydrogen (secondary N) is 1. The predicted octanol–water partition coefficient (Wildman–Crippen LogP) is 1.77. The lowest BCUT2D eigenvalue weighted by Crippen LogP contribution is -2.21. The zero-order chi connectivity index (χ0) is 16.3. The first-order valence-electron chi connectivity index (χ1n) is 6.04. The molecule has 2 aromatic rings. The number of rotatable bonds is 4. The number of hydrogen-bond acceptors (Lipinski definition) is 4. The minimum atomic E-state index is -3.57. The minimum absolute atomic E-state index is 0.00217. The van der Waals surface area contributed by atoms with E-state index in [4.69, 9.17) is 0 Å². The highest BCUT2D eigenvalue weighted by atomic mass is 32.2. The molecule has 22 heavy (non-hydrogen) atoms. The van der Waals surface area contributed by atoms with Crippen LogP contribution in [0.2, 0.25) is 0 Å². The first-order chi connectivity index (χ1) is 10.3. The summed E-state index contributed by atoms with van der Waals surface area (Å²) in [7, 11) is -3.57. The Hall–Kier alpha value is -2.48. The van der Waals surface area contributed by atoms with Gasteiger partial charge in [-0.15, -0.1) is 0 Å². The van der Waals surface area contributed by atoms with Gasteiger partial charge in [0.2, 0.25) is 10.0 Å². The SMILES string of the molecule is CS(=O)(=O)Nc1ccccc1C([O-])=Nc1ccc(F)c(F)c1. The Kier molecular flexibility index (Phi) is 4.41. The third-order valence-corrected chi connectivity index (χ3v) is 3.18. The van der Waals surface area contributed by atoms with Crippen molar-refractivity contribution in [3.8, 4) is 0 Å². The van der Waals surface area contributed by atoms with Gasteiger partial charge in [-0.05, 0) is 24.1 Å². The number of hydrogen-bond donors (Lipinski definition) is 1. The molecule has 0 aliphatic rings. The molecule has 1 N–H and O–H groups in total. The van der Waals surface area contributed by atoms with Crippen LogP contribution in [0.5, 0.6) is 0 Å². The fraction of sp³-hybridized carbons (Fsp3) is 0.0714. The van der Waals surface area contributed by atoms with E-state index in [2.05, 4.69) is 9.71 Å². The molecule has 0 bridgehead atoms. The van der Waals surface area contributed by atoms with Crippen molar-refractivity contribution < 1.29 is 22.3 Å². The molecule has 2 rings (SSSR count). The van der Waals surface area contributed by atoms with Gasteiger partial charge in [0.25, 0.3) is 0 Å². The molecule has 0 fully saturated rings. The summed E-state index contributed by atoms with van der Waals surface area (Å²) in [6.07, 6.45) is 0.945. The number of para-hydroxylation sites is 1. The van der Waals surface area contributed by atoms with Crippen molar-refractivity contribution in [2.45, 2.75) is 0 Å². The summed E-state index contributed by atoms with van der Waals surface area (Å²) < 4.78 is 50.7. The molecular weight excluding hydrogens is 314 g/mol. The van der Waals surface area contributed by atoms with E-state index in [0.717, 1.165) is 24.5 Å². The van der Waals surface area contributed by atoms with Gasteiger partial charge in [0, 0.05) is 11.6 Å². The summed E-state index contributed by atoms with van der Waals surface area (Å²) in [5.41, 5.74) is -0.0166. The zero-order valence-corrected chi connectivity index (χ0v) is 12.2. The number of benzene rings is 2. The van der Waals surface area contributed by atoms with Crippen molar-refractivity contribution in [3.05, 3.63) is 59.7 Å². The number of nitrogens with zero attached hydrogens (tertiary/aromatic N) is 1. The third-order valence-electron chi connectivity index (χ3n) is 2.59. The molecule has 0 spiro atoms. The molecule has 116 valence electrons. The van der Waals surface area contributed by atoms with Gasteiger partial charge in [0.05, 0.1) is 17.6 Å². The molecule has 0 saturated heterocycles. The Morgan fingerprint density at radius 1 is 1.14 bits per heavy atom. The van der Waals surface area contributed by atoms with Crippen LogP contribution in [-0.2, 0) is 10.0 Å². The van der Waals surface area contributed by atoms with E-state index in [1.54, 1.807) is 6.07 Å². The monoisotopic (exact) mass is 325 g/mol. The van der Waals surface area contributed by atoms with E-state index < -0.39 is 27.6 Å². The Balaban J connectivity index is 2.42. The Morgan fingerprint density at radius 2 is 1.82 bits per heavy atom. The van der Waals surface area contributed by atoms with E-state index in [9.17, 15) is 22.3 Å². The molecule has 0 aliphatic carbocycles. The van der Waals surface area contributed by atoms with E-state index in [-0.39, 0.29) is 16.9 Å². The summed E-state index contributed by atoms with van der Waals surface area (Å²) >= 11 is 0. The molecule has 0 amide bonds. The number of aliphatic imine (C=N–C) groups is 1. The largest absolute Gasteiger partial charge is 0.858 e. The van der Waals surface area contributed by atoms with Crippen molar-refractivity contribution in [3.63, 3.8) is 0 Å². The number of anilines is 1. The average Bonchev–Trinajstić information content (AvgIpc) is 2.41. The van der Waals surface area contributed by atoms with Crippen LogP contribution in [-0.4, -0.2) is 20.6 Å². The van der Waals surface area contributed by atoms with Crippen LogP contribution in [0.1, 0.15) is 5.56 Å². The quantitative estimate of drug-likeness (QED) is 0.687. The minimum Gasteiger partial charge on any atom is -0.858 e. The molecule has 0 saturated carbocycles. The summed E-state index contributed by atoms with van der Waals surface area (Å²) in [5.74, 6) is -2.96. The van der Waals surface area contributed by atoms with Gasteiger partial charge >= 0.3 is 0 Å². The van der Waals surface area contributed by atoms with Crippen LogP contribution in [0.3, 0.4) is 0 Å². The maximum absolute atomic E-state index is 13.1. The van der Waals surface area contributed by atoms with Gasteiger partial charge in [-0.3, -0.25) is 9.71 Å². The lowest BCUT2D eigenvalue weighted by Gasteiger charge is -2.16. The second kappa shape index (κ2) is 6.10. The van der Waals surface area contributed by atoms with Crippen LogP contribution < -0.4 is 9.83 Å². The van der Waals surface area contributed by atoms with Gasteiger partial charge in [-0.1, -0.05) is 18.2 Å². The molecule has 0 unspecified atom stereocenters. The maximum atomic E-state index is 13.1. The van der Waals surface area contributed by atoms with Gasteiger partial charge < -0.3 is 5.11 Å². The van der Waals surface area contributed by atoms with Crippen LogP contribution in [0, 0.1) is 11.6 Å². The van der Waals surface area contributed by atoms with Crippen molar-refractivity contribution in [1.82, 2.24) is 0 Å². The smallest absolute Gasteiger partial charge is 0.229 e. The molecule has 2 aromatic carbocycles. The van der Waals surface area contributed by atoms with Crippen LogP contribution in [0.25, 0.3) is 0 Å². The summed E-state index contributed by atoms with van der Waals surface area (Å²) in [6.45, 7) is 0. The topological polar surface area (TPSA) is 81.6 Å². The van der Waals surface area contributed by atoms with Crippen LogP contribution in [0.4, 0.5) is 20.2 Å². The summed E-state index contributed by atoms with van der Waals surface area (Å²) in [5, 5.41) is 12.1. The van der Waals surface area contributed by atoms with E-state index >= 15 is 0 Å². The number of halogens is 2. The Labute approximate surface area is 126 Å². The normalized spacial score (nSPS) is 12.2. The van der Waals surface area contributed by atoms with Crippen LogP contribution in [0.15, 0.2) is 47.5 Å². The van der Waals surface area contributed by atoms with E-state index in [1.807, 2.05) is 0 Å². The lowest BCUT2D eigenvalue weighted by atomic mass is 10.2. The van der Waals surface area contributed by atoms with Gasteiger partial charge in [0.1, 0.15) is 0 Å². The van der Waals surface area contributed by atoms with E-state index in [1.165, 1.54) is 18.2 Å². The fourth-order valence-corrected chi connectivity index (χ4v) is 2.27. The molecule has 5 nitrogen and oxygen atoms in total. The highest BCUT2D eigenvalue weighted by Gasteiger charge is 2.07. The lowest BCUT2D eigenvalue weighted by molar-refractivity contribution is -0.212. The predicted molar refractivity (Wildman–Crippen MR) is 77.5 cm³/mol. The first kappa shape index (κ1) is 15.9. The summed E-state index contributed by atoms with van der Waals surface area (Å²) in [4.78, 5) is 3.64. The maximum Gasteiger partial charge on any atom is 0.229 e. The standard InChI is InChI=1S/C14H12F2N2O3S/c1-22(20,21)18-13-5-3-2-4-10(13)14(19)17-9-6-7-11(15)12(16)8-9/h2-8,18H,1H3,(H,17,19)/p-1. The second-order valence-electron chi connectivity index (χ2n) is 4.44. The van der Waals surface area contributed by atoms with Gasteiger partial charge in [-0.25, -0.2) is 17.2 Å². The molecule has 0 atom stereocenters. The molecule has 0 heterocycles. The molecule has 0 aliphatic heterocycles. The second-order valence-corrected chi connectivity index (χ2v) is 6.18. The molecule has 0 aromatic heterocycles. The Bertz CT molecular complexity index is 836. The molecule has 0 radical (unpaired) electrons. The van der Waals surface area contributed by atoms with E-state index in [0.29, 0.717) is 0 Å². The highest BCUT2D eigenvalue weighted by molar-refractivity contribution is 7.92. The summed E-state index contributed by atoms with van der Waals surface area (Å²) in [6, 6.07) is 8.61. The van der Waals surface area contributed by atoms with Crippen LogP contribution >= 0.6 is 0 Å². The highest BCUT2D eigenvalue weighted by Crippen LogP contribution is 2.20. The molecule has 8 heteroatoms. The Morgan fingerprint density at radius 3 is 2.45 bits per heavy atom. The average molecular weight is 325 g/mol. The third kappa shape index (κ3) is 4.01. The van der Waals surface area contributed by atoms with Crippen molar-refractivity contribution >= 4 is 27.3 Å². The number of sulfonamides is 1.